The van der Waals surface area contributed by atoms with Gasteiger partial charge in [-0.2, -0.15) is 0 Å². The summed E-state index contributed by atoms with van der Waals surface area (Å²) in [4.78, 5) is 17.1. The summed E-state index contributed by atoms with van der Waals surface area (Å²) in [6.07, 6.45) is 1.01. The number of nitrogens with zero attached hydrogens (tertiary/aromatic N) is 2. The van der Waals surface area contributed by atoms with E-state index in [2.05, 4.69) is 22.0 Å². The van der Waals surface area contributed by atoms with E-state index in [1.165, 1.54) is 0 Å². The zero-order valence-electron chi connectivity index (χ0n) is 11.8. The van der Waals surface area contributed by atoms with Crippen molar-refractivity contribution in [1.29, 1.82) is 0 Å². The van der Waals surface area contributed by atoms with Gasteiger partial charge in [-0.15, -0.1) is 0 Å². The van der Waals surface area contributed by atoms with E-state index in [0.717, 1.165) is 58.9 Å². The van der Waals surface area contributed by atoms with Gasteiger partial charge in [0.25, 0.3) is 0 Å². The van der Waals surface area contributed by atoms with Crippen LogP contribution >= 0.6 is 0 Å². The van der Waals surface area contributed by atoms with Crippen molar-refractivity contribution in [1.82, 2.24) is 15.1 Å². The minimum atomic E-state index is 0.218. The molecule has 5 heteroatoms. The first-order valence-electron chi connectivity index (χ1n) is 7.57. The number of amides is 1. The Kier molecular flexibility index (Phi) is 4.05. The Morgan fingerprint density at radius 3 is 2.74 bits per heavy atom. The molecule has 0 aromatic carbocycles. The summed E-state index contributed by atoms with van der Waals surface area (Å²) in [6.45, 7) is 9.68. The van der Waals surface area contributed by atoms with E-state index in [1.807, 2.05) is 0 Å². The fourth-order valence-electron chi connectivity index (χ4n) is 3.64. The molecule has 3 heterocycles. The lowest BCUT2D eigenvalue weighted by Gasteiger charge is -2.34. The molecule has 3 saturated heterocycles. The number of likely N-dealkylation sites (tertiary alicyclic amines) is 1. The first kappa shape index (κ1) is 13.3. The molecule has 3 aliphatic rings. The van der Waals surface area contributed by atoms with Gasteiger partial charge in [0.15, 0.2) is 0 Å². The van der Waals surface area contributed by atoms with E-state index >= 15 is 0 Å². The largest absolute Gasteiger partial charge is 0.379 e. The number of morpholine rings is 1. The molecule has 108 valence electrons. The monoisotopic (exact) mass is 267 g/mol. The van der Waals surface area contributed by atoms with E-state index in [9.17, 15) is 4.79 Å². The van der Waals surface area contributed by atoms with Crippen LogP contribution in [0, 0.1) is 11.8 Å². The molecule has 0 saturated carbocycles. The molecular weight excluding hydrogens is 242 g/mol. The van der Waals surface area contributed by atoms with E-state index in [4.69, 9.17) is 4.74 Å². The zero-order chi connectivity index (χ0) is 13.2. The van der Waals surface area contributed by atoms with Crippen molar-refractivity contribution < 1.29 is 9.53 Å². The second-order valence-corrected chi connectivity index (χ2v) is 6.13. The third kappa shape index (κ3) is 2.78. The van der Waals surface area contributed by atoms with Crippen molar-refractivity contribution in [2.75, 3.05) is 52.5 Å². The fraction of sp³-hybridized carbons (Fsp3) is 0.929. The van der Waals surface area contributed by atoms with Gasteiger partial charge >= 0.3 is 0 Å². The van der Waals surface area contributed by atoms with Gasteiger partial charge in [0.05, 0.1) is 19.1 Å². The highest BCUT2D eigenvalue weighted by atomic mass is 16.5. The second kappa shape index (κ2) is 5.77. The molecule has 1 amide bonds. The van der Waals surface area contributed by atoms with Crippen LogP contribution in [-0.2, 0) is 9.53 Å². The van der Waals surface area contributed by atoms with Crippen molar-refractivity contribution in [2.24, 2.45) is 11.8 Å². The highest BCUT2D eigenvalue weighted by molar-refractivity contribution is 5.79. The Bertz CT molecular complexity index is 325. The summed E-state index contributed by atoms with van der Waals surface area (Å²) in [7, 11) is 0. The topological polar surface area (TPSA) is 44.8 Å². The van der Waals surface area contributed by atoms with Gasteiger partial charge < -0.3 is 15.0 Å². The maximum Gasteiger partial charge on any atom is 0.227 e. The highest BCUT2D eigenvalue weighted by Gasteiger charge is 2.38. The molecule has 5 nitrogen and oxygen atoms in total. The number of hydrogen-bond donors (Lipinski definition) is 1. The van der Waals surface area contributed by atoms with Gasteiger partial charge in [-0.1, -0.05) is 6.92 Å². The summed E-state index contributed by atoms with van der Waals surface area (Å²) in [5.74, 6) is 1.17. The number of nitrogens with one attached hydrogen (secondary N) is 1. The molecule has 3 atom stereocenters. The Hall–Kier alpha value is -0.650. The maximum absolute atomic E-state index is 12.5. The van der Waals surface area contributed by atoms with Crippen molar-refractivity contribution >= 4 is 5.91 Å². The van der Waals surface area contributed by atoms with Crippen molar-refractivity contribution in [3.8, 4) is 0 Å². The van der Waals surface area contributed by atoms with Crippen LogP contribution in [-0.4, -0.2) is 74.2 Å². The lowest BCUT2D eigenvalue weighted by Crippen LogP contribution is -2.47. The van der Waals surface area contributed by atoms with Crippen molar-refractivity contribution in [2.45, 2.75) is 19.4 Å². The van der Waals surface area contributed by atoms with E-state index in [0.29, 0.717) is 17.9 Å². The van der Waals surface area contributed by atoms with Gasteiger partial charge in [-0.25, -0.2) is 0 Å². The minimum absolute atomic E-state index is 0.218. The normalized spacial score (nSPS) is 36.9. The molecular formula is C14H25N3O2. The van der Waals surface area contributed by atoms with Crippen molar-refractivity contribution in [3.63, 3.8) is 0 Å². The van der Waals surface area contributed by atoms with Crippen LogP contribution in [0.25, 0.3) is 0 Å². The van der Waals surface area contributed by atoms with Crippen LogP contribution in [0.3, 0.4) is 0 Å². The van der Waals surface area contributed by atoms with Gasteiger partial charge in [0, 0.05) is 38.8 Å². The third-order valence-electron chi connectivity index (χ3n) is 4.81. The molecule has 3 aliphatic heterocycles. The second-order valence-electron chi connectivity index (χ2n) is 6.13. The molecule has 3 rings (SSSR count). The van der Waals surface area contributed by atoms with E-state index in [1.54, 1.807) is 0 Å². The van der Waals surface area contributed by atoms with Gasteiger partial charge in [0.1, 0.15) is 0 Å². The van der Waals surface area contributed by atoms with Crippen LogP contribution in [0.1, 0.15) is 13.3 Å². The molecule has 0 radical (unpaired) electrons. The fourth-order valence-corrected chi connectivity index (χ4v) is 3.64. The van der Waals surface area contributed by atoms with E-state index < -0.39 is 0 Å². The van der Waals surface area contributed by atoms with Crippen molar-refractivity contribution in [3.05, 3.63) is 0 Å². The zero-order valence-corrected chi connectivity index (χ0v) is 11.8. The van der Waals surface area contributed by atoms with E-state index in [-0.39, 0.29) is 5.92 Å². The van der Waals surface area contributed by atoms with Crippen LogP contribution in [0.5, 0.6) is 0 Å². The molecule has 0 aliphatic carbocycles. The van der Waals surface area contributed by atoms with Gasteiger partial charge in [-0.05, 0) is 18.9 Å². The molecule has 1 N–H and O–H groups in total. The average molecular weight is 267 g/mol. The minimum Gasteiger partial charge on any atom is -0.379 e. The first-order valence-corrected chi connectivity index (χ1v) is 7.57. The van der Waals surface area contributed by atoms with Gasteiger partial charge in [-0.3, -0.25) is 9.69 Å². The maximum atomic E-state index is 12.5. The smallest absolute Gasteiger partial charge is 0.227 e. The molecule has 0 aromatic heterocycles. The molecule has 0 spiro atoms. The molecule has 0 bridgehead atoms. The van der Waals surface area contributed by atoms with Gasteiger partial charge in [0.2, 0.25) is 5.91 Å². The standard InChI is InChI=1S/C14H25N3O2/c1-11-9-17(14(18)12-2-3-15-8-12)10-13(11)16-4-6-19-7-5-16/h11-13,15H,2-10H2,1H3. The lowest BCUT2D eigenvalue weighted by atomic mass is 10.0. The highest BCUT2D eigenvalue weighted by Crippen LogP contribution is 2.25. The van der Waals surface area contributed by atoms with Crippen LogP contribution in [0.15, 0.2) is 0 Å². The molecule has 3 fully saturated rings. The number of carbonyl (C=O) groups is 1. The number of ether oxygens (including phenoxy) is 1. The third-order valence-corrected chi connectivity index (χ3v) is 4.81. The van der Waals surface area contributed by atoms with Crippen LogP contribution < -0.4 is 5.32 Å². The average Bonchev–Trinajstić information content (AvgIpc) is 3.08. The Labute approximate surface area is 115 Å². The Morgan fingerprint density at radius 2 is 2.05 bits per heavy atom. The first-order chi connectivity index (χ1) is 9.25. The number of rotatable bonds is 2. The summed E-state index contributed by atoms with van der Waals surface area (Å²) in [5, 5.41) is 3.29. The molecule has 0 aromatic rings. The Balaban J connectivity index is 1.59. The summed E-state index contributed by atoms with van der Waals surface area (Å²) in [6, 6.07) is 0.530. The van der Waals surface area contributed by atoms with Crippen LogP contribution in [0.4, 0.5) is 0 Å². The predicted octanol–water partition coefficient (Wildman–Crippen LogP) is -0.225. The summed E-state index contributed by atoms with van der Waals surface area (Å²) < 4.78 is 5.42. The molecule has 19 heavy (non-hydrogen) atoms. The van der Waals surface area contributed by atoms with Crippen LogP contribution in [0.2, 0.25) is 0 Å². The lowest BCUT2D eigenvalue weighted by molar-refractivity contribution is -0.134. The summed E-state index contributed by atoms with van der Waals surface area (Å²) in [5.41, 5.74) is 0. The number of carbonyl (C=O) groups excluding carboxylic acids is 1. The summed E-state index contributed by atoms with van der Waals surface area (Å²) >= 11 is 0. The molecule has 3 unspecified atom stereocenters. The quantitative estimate of drug-likeness (QED) is 0.751. The Morgan fingerprint density at radius 1 is 1.26 bits per heavy atom. The predicted molar refractivity (Wildman–Crippen MR) is 72.9 cm³/mol. The number of hydrogen-bond acceptors (Lipinski definition) is 4. The SMILES string of the molecule is CC1CN(C(=O)C2CCNC2)CC1N1CCOCC1.